The molecule has 1 heterocycles. The van der Waals surface area contributed by atoms with E-state index in [-0.39, 0.29) is 23.2 Å². The molecule has 0 aromatic heterocycles. The van der Waals surface area contributed by atoms with Crippen LogP contribution in [-0.4, -0.2) is 34.2 Å². The number of likely N-dealkylation sites (tertiary alicyclic amines) is 1. The number of carbonyl (C=O) groups is 1. The van der Waals surface area contributed by atoms with E-state index in [1.165, 1.54) is 6.07 Å². The van der Waals surface area contributed by atoms with Crippen molar-refractivity contribution in [2.24, 2.45) is 0 Å². The first kappa shape index (κ1) is 15.8. The highest BCUT2D eigenvalue weighted by Crippen LogP contribution is 2.27. The van der Waals surface area contributed by atoms with Gasteiger partial charge in [-0.2, -0.15) is 0 Å². The second-order valence-electron chi connectivity index (χ2n) is 5.38. The summed E-state index contributed by atoms with van der Waals surface area (Å²) in [4.78, 5) is 25.2. The first-order chi connectivity index (χ1) is 10.1. The molecular weight excluding hydrogens is 292 g/mol. The summed E-state index contributed by atoms with van der Waals surface area (Å²) >= 11 is 5.99. The average molecular weight is 311 g/mol. The van der Waals surface area contributed by atoms with Crippen LogP contribution in [0.3, 0.4) is 0 Å². The van der Waals surface area contributed by atoms with E-state index >= 15 is 0 Å². The highest BCUT2D eigenvalue weighted by molar-refractivity contribution is 6.18. The highest BCUT2D eigenvalue weighted by Gasteiger charge is 2.31. The molecule has 0 radical (unpaired) electrons. The van der Waals surface area contributed by atoms with Gasteiger partial charge in [0.1, 0.15) is 5.56 Å². The van der Waals surface area contributed by atoms with Crippen LogP contribution in [-0.2, 0) is 0 Å². The number of rotatable bonds is 3. The summed E-state index contributed by atoms with van der Waals surface area (Å²) in [6, 6.07) is 4.67. The minimum atomic E-state index is -0.492. The number of nitro groups is 1. The number of amides is 1. The maximum Gasteiger partial charge on any atom is 0.282 e. The minimum absolute atomic E-state index is 0.0409. The van der Waals surface area contributed by atoms with Gasteiger partial charge in [-0.25, -0.2) is 0 Å². The Morgan fingerprint density at radius 2 is 2.19 bits per heavy atom. The lowest BCUT2D eigenvalue weighted by atomic mass is 10.0. The normalized spacial score (nSPS) is 19.1. The van der Waals surface area contributed by atoms with Gasteiger partial charge in [0.15, 0.2) is 0 Å². The van der Waals surface area contributed by atoms with Crippen LogP contribution in [0, 0.1) is 17.0 Å². The third-order valence-electron chi connectivity index (χ3n) is 3.98. The lowest BCUT2D eigenvalue weighted by Crippen LogP contribution is -2.41. The van der Waals surface area contributed by atoms with Crippen LogP contribution in [0.15, 0.2) is 18.2 Å². The first-order valence-electron chi connectivity index (χ1n) is 7.17. The Morgan fingerprint density at radius 1 is 1.43 bits per heavy atom. The molecule has 5 nitrogen and oxygen atoms in total. The molecular formula is C15H19ClN2O3. The third kappa shape index (κ3) is 3.35. The van der Waals surface area contributed by atoms with Crippen molar-refractivity contribution >= 4 is 23.2 Å². The van der Waals surface area contributed by atoms with Gasteiger partial charge >= 0.3 is 0 Å². The van der Waals surface area contributed by atoms with Crippen LogP contribution in [0.25, 0.3) is 0 Å². The van der Waals surface area contributed by atoms with Gasteiger partial charge in [-0.1, -0.05) is 25.0 Å². The van der Waals surface area contributed by atoms with Gasteiger partial charge in [-0.3, -0.25) is 14.9 Å². The first-order valence-corrected chi connectivity index (χ1v) is 7.70. The van der Waals surface area contributed by atoms with E-state index in [9.17, 15) is 14.9 Å². The molecule has 2 rings (SSSR count). The lowest BCUT2D eigenvalue weighted by molar-refractivity contribution is -0.385. The van der Waals surface area contributed by atoms with Crippen molar-refractivity contribution in [3.8, 4) is 0 Å². The second kappa shape index (κ2) is 6.89. The van der Waals surface area contributed by atoms with Crippen molar-refractivity contribution < 1.29 is 9.72 Å². The minimum Gasteiger partial charge on any atom is -0.334 e. The molecule has 1 saturated heterocycles. The van der Waals surface area contributed by atoms with E-state index in [0.29, 0.717) is 18.0 Å². The summed E-state index contributed by atoms with van der Waals surface area (Å²) < 4.78 is 0. The van der Waals surface area contributed by atoms with Crippen LogP contribution in [0.4, 0.5) is 5.69 Å². The zero-order chi connectivity index (χ0) is 15.4. The molecule has 0 N–H and O–H groups in total. The highest BCUT2D eigenvalue weighted by atomic mass is 35.5. The van der Waals surface area contributed by atoms with Crippen LogP contribution < -0.4 is 0 Å². The van der Waals surface area contributed by atoms with Crippen molar-refractivity contribution in [3.63, 3.8) is 0 Å². The molecule has 114 valence electrons. The van der Waals surface area contributed by atoms with E-state index in [1.807, 2.05) is 0 Å². The Hall–Kier alpha value is -1.62. The Balaban J connectivity index is 2.40. The van der Waals surface area contributed by atoms with Gasteiger partial charge in [-0.15, -0.1) is 11.6 Å². The number of nitrogens with zero attached hydrogens (tertiary/aromatic N) is 2. The largest absolute Gasteiger partial charge is 0.334 e. The molecule has 0 aliphatic carbocycles. The molecule has 0 saturated carbocycles. The van der Waals surface area contributed by atoms with E-state index in [4.69, 9.17) is 11.6 Å². The predicted molar refractivity (Wildman–Crippen MR) is 81.8 cm³/mol. The van der Waals surface area contributed by atoms with E-state index in [2.05, 4.69) is 0 Å². The van der Waals surface area contributed by atoms with E-state index in [1.54, 1.807) is 24.0 Å². The molecule has 1 fully saturated rings. The van der Waals surface area contributed by atoms with E-state index < -0.39 is 4.92 Å². The molecule has 1 aliphatic rings. The number of aryl methyl sites for hydroxylation is 1. The van der Waals surface area contributed by atoms with Crippen LogP contribution in [0.2, 0.25) is 0 Å². The summed E-state index contributed by atoms with van der Waals surface area (Å²) in [6.45, 7) is 2.34. The number of carbonyl (C=O) groups excluding carboxylic acids is 1. The van der Waals surface area contributed by atoms with E-state index in [0.717, 1.165) is 25.7 Å². The van der Waals surface area contributed by atoms with Gasteiger partial charge in [0.25, 0.3) is 11.6 Å². The molecule has 0 spiro atoms. The van der Waals surface area contributed by atoms with Gasteiger partial charge in [-0.05, 0) is 25.3 Å². The zero-order valence-corrected chi connectivity index (χ0v) is 12.8. The fraction of sp³-hybridized carbons (Fsp3) is 0.533. The summed E-state index contributed by atoms with van der Waals surface area (Å²) in [5, 5.41) is 11.2. The maximum atomic E-state index is 12.8. The fourth-order valence-corrected chi connectivity index (χ4v) is 3.15. The molecule has 1 amide bonds. The van der Waals surface area contributed by atoms with Gasteiger partial charge in [0.05, 0.1) is 4.92 Å². The van der Waals surface area contributed by atoms with Gasteiger partial charge in [0, 0.05) is 24.5 Å². The smallest absolute Gasteiger partial charge is 0.282 e. The monoisotopic (exact) mass is 310 g/mol. The average Bonchev–Trinajstić information content (AvgIpc) is 2.71. The molecule has 6 heteroatoms. The number of halogens is 1. The summed E-state index contributed by atoms with van der Waals surface area (Å²) in [7, 11) is 0. The topological polar surface area (TPSA) is 63.5 Å². The van der Waals surface area contributed by atoms with Crippen molar-refractivity contribution in [2.45, 2.75) is 38.6 Å². The quantitative estimate of drug-likeness (QED) is 0.487. The molecule has 21 heavy (non-hydrogen) atoms. The SMILES string of the molecule is Cc1cccc([N+](=O)[O-])c1C(=O)N1CCCCCC1CCl. The van der Waals surface area contributed by atoms with Crippen LogP contribution in [0.5, 0.6) is 0 Å². The van der Waals surface area contributed by atoms with Crippen molar-refractivity contribution in [1.29, 1.82) is 0 Å². The Labute approximate surface area is 129 Å². The van der Waals surface area contributed by atoms with Crippen molar-refractivity contribution in [1.82, 2.24) is 4.90 Å². The maximum absolute atomic E-state index is 12.8. The Morgan fingerprint density at radius 3 is 2.86 bits per heavy atom. The fourth-order valence-electron chi connectivity index (χ4n) is 2.83. The summed E-state index contributed by atoms with van der Waals surface area (Å²) in [5.41, 5.74) is 0.698. The standard InChI is InChI=1S/C15H19ClN2O3/c1-11-6-5-8-13(18(20)21)14(11)15(19)17-9-4-2-3-7-12(17)10-16/h5-6,8,12H,2-4,7,9-10H2,1H3. The summed E-state index contributed by atoms with van der Waals surface area (Å²) in [5.74, 6) is 0.0955. The lowest BCUT2D eigenvalue weighted by Gasteiger charge is -2.29. The third-order valence-corrected chi connectivity index (χ3v) is 4.33. The number of nitro benzene ring substituents is 1. The summed E-state index contributed by atoms with van der Waals surface area (Å²) in [6.07, 6.45) is 3.87. The molecule has 1 unspecified atom stereocenters. The number of alkyl halides is 1. The molecule has 0 bridgehead atoms. The zero-order valence-electron chi connectivity index (χ0n) is 12.0. The predicted octanol–water partition coefficient (Wildman–Crippen LogP) is 3.53. The Kier molecular flexibility index (Phi) is 5.17. The van der Waals surface area contributed by atoms with Crippen molar-refractivity contribution in [3.05, 3.63) is 39.4 Å². The van der Waals surface area contributed by atoms with Crippen LogP contribution >= 0.6 is 11.6 Å². The number of hydrogen-bond donors (Lipinski definition) is 0. The van der Waals surface area contributed by atoms with Crippen LogP contribution in [0.1, 0.15) is 41.6 Å². The molecule has 1 aliphatic heterocycles. The van der Waals surface area contributed by atoms with Gasteiger partial charge in [0.2, 0.25) is 0 Å². The van der Waals surface area contributed by atoms with Crippen molar-refractivity contribution in [2.75, 3.05) is 12.4 Å². The molecule has 1 aromatic carbocycles. The Bertz CT molecular complexity index is 548. The second-order valence-corrected chi connectivity index (χ2v) is 5.69. The van der Waals surface area contributed by atoms with Gasteiger partial charge < -0.3 is 4.90 Å². The molecule has 1 atom stereocenters. The molecule has 1 aromatic rings. The number of hydrogen-bond acceptors (Lipinski definition) is 3. The number of benzene rings is 1.